The zero-order valence-electron chi connectivity index (χ0n) is 13.3. The first-order valence-corrected chi connectivity index (χ1v) is 9.20. The molecule has 0 bridgehead atoms. The molecule has 0 aliphatic carbocycles. The minimum atomic E-state index is -3.19. The lowest BCUT2D eigenvalue weighted by Crippen LogP contribution is -2.42. The Kier molecular flexibility index (Phi) is 4.41. The zero-order chi connectivity index (χ0) is 16.4. The number of pyridine rings is 1. The second-order valence-corrected chi connectivity index (χ2v) is 7.81. The number of rotatable bonds is 4. The molecule has 6 nitrogen and oxygen atoms in total. The average molecular weight is 335 g/mol. The minimum Gasteiger partial charge on any atom is -0.497 e. The normalized spacial score (nSPS) is 16.7. The van der Waals surface area contributed by atoms with E-state index in [0.29, 0.717) is 25.9 Å². The fourth-order valence-electron chi connectivity index (χ4n) is 3.09. The summed E-state index contributed by atoms with van der Waals surface area (Å²) in [5, 5.41) is 0.716. The quantitative estimate of drug-likeness (QED) is 0.922. The molecule has 0 saturated carbocycles. The molecule has 2 heterocycles. The molecule has 1 fully saturated rings. The number of hydrogen-bond donors (Lipinski definition) is 1. The SMILES string of the molecule is CNS(=O)(=O)C1CCN(c2ccnc3ccc(OC)cc23)CC1. The van der Waals surface area contributed by atoms with E-state index < -0.39 is 10.0 Å². The maximum absolute atomic E-state index is 11.9. The van der Waals surface area contributed by atoms with E-state index in [2.05, 4.69) is 14.6 Å². The third kappa shape index (κ3) is 3.11. The molecule has 7 heteroatoms. The van der Waals surface area contributed by atoms with E-state index in [0.717, 1.165) is 22.3 Å². The van der Waals surface area contributed by atoms with Crippen LogP contribution < -0.4 is 14.4 Å². The molecule has 0 atom stereocenters. The molecule has 1 aromatic carbocycles. The summed E-state index contributed by atoms with van der Waals surface area (Å²) < 4.78 is 31.6. The fourth-order valence-corrected chi connectivity index (χ4v) is 4.25. The van der Waals surface area contributed by atoms with Crippen molar-refractivity contribution in [1.29, 1.82) is 0 Å². The Hall–Kier alpha value is -1.86. The number of benzene rings is 1. The second kappa shape index (κ2) is 6.33. The van der Waals surface area contributed by atoms with Crippen LogP contribution in [0.1, 0.15) is 12.8 Å². The van der Waals surface area contributed by atoms with Gasteiger partial charge in [0.2, 0.25) is 10.0 Å². The van der Waals surface area contributed by atoms with Crippen molar-refractivity contribution in [2.24, 2.45) is 0 Å². The lowest BCUT2D eigenvalue weighted by atomic mass is 10.1. The van der Waals surface area contributed by atoms with Gasteiger partial charge in [0, 0.05) is 30.4 Å². The summed E-state index contributed by atoms with van der Waals surface area (Å²) in [5.74, 6) is 0.791. The number of aromatic nitrogens is 1. The molecule has 1 aliphatic heterocycles. The molecule has 124 valence electrons. The first-order valence-electron chi connectivity index (χ1n) is 7.65. The van der Waals surface area contributed by atoms with Crippen LogP contribution in [-0.4, -0.2) is 45.9 Å². The van der Waals surface area contributed by atoms with Crippen molar-refractivity contribution >= 4 is 26.6 Å². The standard InChI is InChI=1S/C16H21N3O3S/c1-17-23(20,21)13-6-9-19(10-7-13)16-5-8-18-15-4-3-12(22-2)11-14(15)16/h3-5,8,11,13,17H,6-7,9-10H2,1-2H3. The lowest BCUT2D eigenvalue weighted by Gasteiger charge is -2.33. The molecule has 1 aliphatic rings. The molecule has 0 spiro atoms. The number of sulfonamides is 1. The van der Waals surface area contributed by atoms with Gasteiger partial charge < -0.3 is 9.64 Å². The molecule has 23 heavy (non-hydrogen) atoms. The molecule has 2 aromatic rings. The number of methoxy groups -OCH3 is 1. The Bertz CT molecular complexity index is 799. The molecule has 3 rings (SSSR count). The van der Waals surface area contributed by atoms with Gasteiger partial charge in [-0.25, -0.2) is 13.1 Å². The van der Waals surface area contributed by atoms with Gasteiger partial charge in [-0.15, -0.1) is 0 Å². The summed E-state index contributed by atoms with van der Waals surface area (Å²) >= 11 is 0. The number of piperidine rings is 1. The van der Waals surface area contributed by atoms with Crippen LogP contribution in [0.4, 0.5) is 5.69 Å². The summed E-state index contributed by atoms with van der Waals surface area (Å²) in [4.78, 5) is 6.62. The van der Waals surface area contributed by atoms with Crippen molar-refractivity contribution in [2.45, 2.75) is 18.1 Å². The van der Waals surface area contributed by atoms with Crippen molar-refractivity contribution < 1.29 is 13.2 Å². The van der Waals surface area contributed by atoms with E-state index in [-0.39, 0.29) is 5.25 Å². The third-order valence-corrected chi connectivity index (χ3v) is 6.35. The van der Waals surface area contributed by atoms with E-state index >= 15 is 0 Å². The summed E-state index contributed by atoms with van der Waals surface area (Å²) in [6.07, 6.45) is 3.04. The summed E-state index contributed by atoms with van der Waals surface area (Å²) in [5.41, 5.74) is 1.99. The van der Waals surface area contributed by atoms with E-state index in [1.165, 1.54) is 7.05 Å². The molecular formula is C16H21N3O3S. The Labute approximate surface area is 136 Å². The van der Waals surface area contributed by atoms with Gasteiger partial charge in [-0.05, 0) is 44.2 Å². The molecule has 0 unspecified atom stereocenters. The van der Waals surface area contributed by atoms with Crippen molar-refractivity contribution in [3.8, 4) is 5.75 Å². The van der Waals surface area contributed by atoms with Crippen LogP contribution in [0, 0.1) is 0 Å². The first-order chi connectivity index (χ1) is 11.0. The topological polar surface area (TPSA) is 71.5 Å². The predicted octanol–water partition coefficient (Wildman–Crippen LogP) is 1.76. The number of nitrogens with one attached hydrogen (secondary N) is 1. The monoisotopic (exact) mass is 335 g/mol. The van der Waals surface area contributed by atoms with Gasteiger partial charge in [0.1, 0.15) is 5.75 Å². The van der Waals surface area contributed by atoms with Crippen molar-refractivity contribution in [2.75, 3.05) is 32.1 Å². The highest BCUT2D eigenvalue weighted by Crippen LogP contribution is 2.31. The van der Waals surface area contributed by atoms with Gasteiger partial charge in [0.25, 0.3) is 0 Å². The summed E-state index contributed by atoms with van der Waals surface area (Å²) in [7, 11) is -0.0683. The maximum atomic E-state index is 11.9. The number of nitrogens with zero attached hydrogens (tertiary/aromatic N) is 2. The first kappa shape index (κ1) is 16.0. The van der Waals surface area contributed by atoms with Gasteiger partial charge in [-0.1, -0.05) is 0 Å². The van der Waals surface area contributed by atoms with E-state index in [4.69, 9.17) is 4.74 Å². The highest BCUT2D eigenvalue weighted by molar-refractivity contribution is 7.90. The zero-order valence-corrected chi connectivity index (χ0v) is 14.1. The fraction of sp³-hybridized carbons (Fsp3) is 0.438. The van der Waals surface area contributed by atoms with Gasteiger partial charge in [0.15, 0.2) is 0 Å². The van der Waals surface area contributed by atoms with Crippen LogP contribution in [-0.2, 0) is 10.0 Å². The third-order valence-electron chi connectivity index (χ3n) is 4.43. The highest BCUT2D eigenvalue weighted by atomic mass is 32.2. The van der Waals surface area contributed by atoms with Crippen LogP contribution in [0.3, 0.4) is 0 Å². The van der Waals surface area contributed by atoms with Crippen LogP contribution in [0.25, 0.3) is 10.9 Å². The van der Waals surface area contributed by atoms with Crippen LogP contribution in [0.15, 0.2) is 30.5 Å². The molecule has 0 radical (unpaired) electrons. The summed E-state index contributed by atoms with van der Waals surface area (Å²) in [6, 6.07) is 7.80. The maximum Gasteiger partial charge on any atom is 0.214 e. The molecule has 1 N–H and O–H groups in total. The lowest BCUT2D eigenvalue weighted by molar-refractivity contribution is 0.415. The highest BCUT2D eigenvalue weighted by Gasteiger charge is 2.29. The van der Waals surface area contributed by atoms with E-state index in [9.17, 15) is 8.42 Å². The predicted molar refractivity (Wildman–Crippen MR) is 91.5 cm³/mol. The molecule has 0 amide bonds. The Morgan fingerprint density at radius 2 is 2.00 bits per heavy atom. The van der Waals surface area contributed by atoms with Gasteiger partial charge in [-0.2, -0.15) is 0 Å². The van der Waals surface area contributed by atoms with Crippen LogP contribution in [0.2, 0.25) is 0 Å². The number of fused-ring (bicyclic) bond motifs is 1. The van der Waals surface area contributed by atoms with Crippen molar-refractivity contribution in [3.63, 3.8) is 0 Å². The van der Waals surface area contributed by atoms with Crippen LogP contribution in [0.5, 0.6) is 5.75 Å². The Morgan fingerprint density at radius 3 is 2.65 bits per heavy atom. The van der Waals surface area contributed by atoms with E-state index in [1.54, 1.807) is 13.3 Å². The largest absolute Gasteiger partial charge is 0.497 e. The molecular weight excluding hydrogens is 314 g/mol. The van der Waals surface area contributed by atoms with Gasteiger partial charge >= 0.3 is 0 Å². The van der Waals surface area contributed by atoms with Crippen LogP contribution >= 0.6 is 0 Å². The Morgan fingerprint density at radius 1 is 1.26 bits per heavy atom. The average Bonchev–Trinajstić information content (AvgIpc) is 2.60. The summed E-state index contributed by atoms with van der Waals surface area (Å²) in [6.45, 7) is 1.42. The number of ether oxygens (including phenoxy) is 1. The Balaban J connectivity index is 1.87. The van der Waals surface area contributed by atoms with Crippen molar-refractivity contribution in [1.82, 2.24) is 9.71 Å². The molecule has 1 aromatic heterocycles. The minimum absolute atomic E-state index is 0.314. The van der Waals surface area contributed by atoms with E-state index in [1.807, 2.05) is 24.3 Å². The molecule has 1 saturated heterocycles. The van der Waals surface area contributed by atoms with Crippen molar-refractivity contribution in [3.05, 3.63) is 30.5 Å². The number of anilines is 1. The second-order valence-electron chi connectivity index (χ2n) is 5.65. The number of hydrogen-bond acceptors (Lipinski definition) is 5. The van der Waals surface area contributed by atoms with Gasteiger partial charge in [-0.3, -0.25) is 4.98 Å². The van der Waals surface area contributed by atoms with Gasteiger partial charge in [0.05, 0.1) is 17.9 Å². The smallest absolute Gasteiger partial charge is 0.214 e.